The van der Waals surface area contributed by atoms with Crippen LogP contribution in [0.5, 0.6) is 0 Å². The van der Waals surface area contributed by atoms with Crippen LogP contribution in [0.3, 0.4) is 0 Å². The molecule has 2 aliphatic heterocycles. The number of nitrogens with zero attached hydrogens (tertiary/aromatic N) is 5. The highest BCUT2D eigenvalue weighted by Gasteiger charge is 2.26. The van der Waals surface area contributed by atoms with Crippen LogP contribution in [0.15, 0.2) is 12.4 Å². The Balaban J connectivity index is 1.49. The Hall–Kier alpha value is -2.22. The summed E-state index contributed by atoms with van der Waals surface area (Å²) in [5.41, 5.74) is 5.93. The predicted molar refractivity (Wildman–Crippen MR) is 89.2 cm³/mol. The third-order valence-electron chi connectivity index (χ3n) is 4.66. The van der Waals surface area contributed by atoms with Gasteiger partial charge in [-0.2, -0.15) is 0 Å². The monoisotopic (exact) mass is 332 g/mol. The van der Waals surface area contributed by atoms with Gasteiger partial charge >= 0.3 is 0 Å². The van der Waals surface area contributed by atoms with E-state index in [0.29, 0.717) is 32.7 Å². The second-order valence-corrected chi connectivity index (χ2v) is 6.30. The smallest absolute Gasteiger partial charge is 0.276 e. The molecule has 0 bridgehead atoms. The van der Waals surface area contributed by atoms with Crippen molar-refractivity contribution in [2.24, 2.45) is 0 Å². The first-order chi connectivity index (χ1) is 11.6. The third-order valence-corrected chi connectivity index (χ3v) is 4.66. The average Bonchev–Trinajstić information content (AvgIpc) is 2.63. The van der Waals surface area contributed by atoms with Crippen LogP contribution in [0, 0.1) is 0 Å². The van der Waals surface area contributed by atoms with Crippen molar-refractivity contribution in [2.75, 3.05) is 51.5 Å². The van der Waals surface area contributed by atoms with Crippen LogP contribution in [-0.4, -0.2) is 82.3 Å². The Labute approximate surface area is 141 Å². The topological polar surface area (TPSA) is 95.7 Å². The second kappa shape index (κ2) is 7.57. The minimum atomic E-state index is -0.192. The minimum absolute atomic E-state index is 0.158. The molecule has 2 N–H and O–H groups in total. The van der Waals surface area contributed by atoms with Crippen LogP contribution in [0.1, 0.15) is 29.8 Å². The maximum Gasteiger partial charge on any atom is 0.276 e. The molecule has 0 radical (unpaired) electrons. The van der Waals surface area contributed by atoms with Gasteiger partial charge in [0.1, 0.15) is 0 Å². The van der Waals surface area contributed by atoms with E-state index in [1.807, 2.05) is 4.90 Å². The van der Waals surface area contributed by atoms with Crippen molar-refractivity contribution in [3.8, 4) is 0 Å². The highest BCUT2D eigenvalue weighted by Crippen LogP contribution is 2.12. The number of nitrogen functional groups attached to an aromatic ring is 1. The number of hydrogen-bond donors (Lipinski definition) is 1. The first-order valence-electron chi connectivity index (χ1n) is 8.51. The van der Waals surface area contributed by atoms with E-state index in [1.54, 1.807) is 4.90 Å². The van der Waals surface area contributed by atoms with Crippen molar-refractivity contribution in [1.82, 2.24) is 24.7 Å². The summed E-state index contributed by atoms with van der Waals surface area (Å²) < 4.78 is 0. The largest absolute Gasteiger partial charge is 0.382 e. The van der Waals surface area contributed by atoms with Gasteiger partial charge in [0.05, 0.1) is 6.54 Å². The van der Waals surface area contributed by atoms with Crippen molar-refractivity contribution in [3.05, 3.63) is 18.1 Å². The van der Waals surface area contributed by atoms with E-state index < -0.39 is 0 Å². The first-order valence-corrected chi connectivity index (χ1v) is 8.51. The lowest BCUT2D eigenvalue weighted by Crippen LogP contribution is -2.52. The zero-order valence-corrected chi connectivity index (χ0v) is 13.9. The molecule has 0 atom stereocenters. The van der Waals surface area contributed by atoms with Crippen LogP contribution in [0.25, 0.3) is 0 Å². The number of piperidine rings is 1. The quantitative estimate of drug-likeness (QED) is 0.825. The third kappa shape index (κ3) is 3.81. The minimum Gasteiger partial charge on any atom is -0.382 e. The Morgan fingerprint density at radius 3 is 2.25 bits per heavy atom. The fraction of sp³-hybridized carbons (Fsp3) is 0.625. The summed E-state index contributed by atoms with van der Waals surface area (Å²) in [5, 5.41) is 0. The normalized spacial score (nSPS) is 19.3. The molecule has 2 aliphatic rings. The molecule has 1 aromatic rings. The molecule has 3 heterocycles. The summed E-state index contributed by atoms with van der Waals surface area (Å²) in [7, 11) is 0. The summed E-state index contributed by atoms with van der Waals surface area (Å²) in [6, 6.07) is 0. The lowest BCUT2D eigenvalue weighted by molar-refractivity contribution is -0.133. The van der Waals surface area contributed by atoms with Crippen molar-refractivity contribution in [3.63, 3.8) is 0 Å². The molecule has 2 saturated heterocycles. The van der Waals surface area contributed by atoms with Gasteiger partial charge in [-0.1, -0.05) is 0 Å². The highest BCUT2D eigenvalue weighted by molar-refractivity contribution is 5.96. The van der Waals surface area contributed by atoms with Gasteiger partial charge in [-0.3, -0.25) is 14.5 Å². The molecular formula is C16H24N6O2. The standard InChI is InChI=1S/C16H24N6O2/c17-15-14(18-4-5-19-15)16(24)22-10-8-20(9-11-22)12-13(23)21-6-2-1-3-7-21/h4-5H,1-3,6-12H2,(H2,17,19). The molecule has 0 unspecified atom stereocenters. The molecule has 3 rings (SSSR count). The molecule has 24 heavy (non-hydrogen) atoms. The summed E-state index contributed by atoms with van der Waals surface area (Å²) in [6.45, 7) is 4.71. The molecule has 8 nitrogen and oxygen atoms in total. The number of amides is 2. The predicted octanol–water partition coefficient (Wildman–Crippen LogP) is -0.171. The van der Waals surface area contributed by atoms with Crippen LogP contribution >= 0.6 is 0 Å². The number of hydrogen-bond acceptors (Lipinski definition) is 6. The van der Waals surface area contributed by atoms with E-state index in [9.17, 15) is 9.59 Å². The lowest BCUT2D eigenvalue weighted by atomic mass is 10.1. The lowest BCUT2D eigenvalue weighted by Gasteiger charge is -2.36. The molecule has 130 valence electrons. The number of anilines is 1. The summed E-state index contributed by atoms with van der Waals surface area (Å²) in [4.78, 5) is 38.5. The molecule has 1 aromatic heterocycles. The number of piperazine rings is 1. The zero-order chi connectivity index (χ0) is 16.9. The Morgan fingerprint density at radius 2 is 1.58 bits per heavy atom. The van der Waals surface area contributed by atoms with E-state index >= 15 is 0 Å². The number of carbonyl (C=O) groups is 2. The maximum atomic E-state index is 12.4. The number of likely N-dealkylation sites (tertiary alicyclic amines) is 1. The van der Waals surface area contributed by atoms with Crippen molar-refractivity contribution in [1.29, 1.82) is 0 Å². The Kier molecular flexibility index (Phi) is 5.24. The van der Waals surface area contributed by atoms with Crippen LogP contribution in [0.2, 0.25) is 0 Å². The van der Waals surface area contributed by atoms with Gasteiger partial charge in [-0.05, 0) is 19.3 Å². The number of rotatable bonds is 3. The van der Waals surface area contributed by atoms with Gasteiger partial charge in [0.15, 0.2) is 11.5 Å². The molecule has 0 spiro atoms. The van der Waals surface area contributed by atoms with Gasteiger partial charge in [0.2, 0.25) is 5.91 Å². The Bertz CT molecular complexity index is 594. The Morgan fingerprint density at radius 1 is 0.917 bits per heavy atom. The number of aromatic nitrogens is 2. The van der Waals surface area contributed by atoms with E-state index in [2.05, 4.69) is 14.9 Å². The van der Waals surface area contributed by atoms with Crippen molar-refractivity contribution < 1.29 is 9.59 Å². The van der Waals surface area contributed by atoms with E-state index in [0.717, 1.165) is 25.9 Å². The van der Waals surface area contributed by atoms with Crippen molar-refractivity contribution in [2.45, 2.75) is 19.3 Å². The van der Waals surface area contributed by atoms with Crippen LogP contribution < -0.4 is 5.73 Å². The van der Waals surface area contributed by atoms with E-state index in [1.165, 1.54) is 18.8 Å². The number of nitrogens with two attached hydrogens (primary N) is 1. The van der Waals surface area contributed by atoms with Crippen LogP contribution in [0.4, 0.5) is 5.82 Å². The molecule has 2 amide bonds. The summed E-state index contributed by atoms with van der Waals surface area (Å²) >= 11 is 0. The van der Waals surface area contributed by atoms with E-state index in [-0.39, 0.29) is 23.3 Å². The van der Waals surface area contributed by atoms with Gasteiger partial charge in [-0.15, -0.1) is 0 Å². The molecule has 8 heteroatoms. The van der Waals surface area contributed by atoms with Gasteiger partial charge < -0.3 is 15.5 Å². The van der Waals surface area contributed by atoms with Gasteiger partial charge in [-0.25, -0.2) is 9.97 Å². The summed E-state index contributed by atoms with van der Waals surface area (Å²) in [5.74, 6) is 0.167. The molecular weight excluding hydrogens is 308 g/mol. The fourth-order valence-corrected chi connectivity index (χ4v) is 3.21. The molecule has 0 aliphatic carbocycles. The van der Waals surface area contributed by atoms with Gasteiger partial charge in [0.25, 0.3) is 5.91 Å². The van der Waals surface area contributed by atoms with E-state index in [4.69, 9.17) is 5.73 Å². The first kappa shape index (κ1) is 16.6. The van der Waals surface area contributed by atoms with Crippen molar-refractivity contribution >= 4 is 17.6 Å². The van der Waals surface area contributed by atoms with Gasteiger partial charge in [0, 0.05) is 51.7 Å². The zero-order valence-electron chi connectivity index (χ0n) is 13.9. The maximum absolute atomic E-state index is 12.4. The molecule has 2 fully saturated rings. The second-order valence-electron chi connectivity index (χ2n) is 6.30. The van der Waals surface area contributed by atoms with Crippen LogP contribution in [-0.2, 0) is 4.79 Å². The summed E-state index contributed by atoms with van der Waals surface area (Å²) in [6.07, 6.45) is 6.37. The number of carbonyl (C=O) groups excluding carboxylic acids is 2. The average molecular weight is 332 g/mol. The SMILES string of the molecule is Nc1nccnc1C(=O)N1CCN(CC(=O)N2CCCCC2)CC1. The fourth-order valence-electron chi connectivity index (χ4n) is 3.21. The molecule has 0 aromatic carbocycles. The highest BCUT2D eigenvalue weighted by atomic mass is 16.2. The molecule has 0 saturated carbocycles.